The largest absolute Gasteiger partial charge is 0.496 e. The molecule has 4 N–H and O–H groups in total. The topological polar surface area (TPSA) is 105 Å². The van der Waals surface area contributed by atoms with Crippen LogP contribution >= 0.6 is 0 Å². The quantitative estimate of drug-likeness (QED) is 0.636. The van der Waals surface area contributed by atoms with E-state index in [9.17, 15) is 0 Å². The van der Waals surface area contributed by atoms with Crippen LogP contribution in [0.4, 0.5) is 17.6 Å². The van der Waals surface area contributed by atoms with Crippen LogP contribution < -0.4 is 20.7 Å². The molecule has 8 heteroatoms. The molecule has 3 aromatic rings. The first kappa shape index (κ1) is 17.4. The fraction of sp³-hybridized carbons (Fsp3) is 0.421. The van der Waals surface area contributed by atoms with Crippen LogP contribution in [-0.4, -0.2) is 46.9 Å². The number of nitrogen functional groups attached to an aromatic ring is 1. The molecule has 0 aliphatic carbocycles. The Hall–Kier alpha value is -3.03. The van der Waals surface area contributed by atoms with Gasteiger partial charge in [0.2, 0.25) is 5.95 Å². The number of methoxy groups -OCH3 is 1. The van der Waals surface area contributed by atoms with Crippen molar-refractivity contribution in [2.75, 3.05) is 36.7 Å². The first-order valence-electron chi connectivity index (χ1n) is 9.30. The zero-order chi connectivity index (χ0) is 19.0. The second-order valence-electron chi connectivity index (χ2n) is 6.79. The molecule has 1 saturated heterocycles. The maximum Gasteiger partial charge on any atom is 0.224 e. The second-order valence-corrected chi connectivity index (χ2v) is 6.79. The van der Waals surface area contributed by atoms with Crippen molar-refractivity contribution < 1.29 is 4.74 Å². The van der Waals surface area contributed by atoms with Gasteiger partial charge in [-0.1, -0.05) is 6.92 Å². The van der Waals surface area contributed by atoms with Gasteiger partial charge in [0.1, 0.15) is 11.6 Å². The highest BCUT2D eigenvalue weighted by Gasteiger charge is 2.25. The smallest absolute Gasteiger partial charge is 0.224 e. The third-order valence-corrected chi connectivity index (χ3v) is 5.25. The van der Waals surface area contributed by atoms with E-state index < -0.39 is 0 Å². The lowest BCUT2D eigenvalue weighted by Gasteiger charge is -2.25. The number of nitrogens with zero attached hydrogens (tertiary/aromatic N) is 4. The number of aromatic nitrogens is 4. The Morgan fingerprint density at radius 1 is 1.33 bits per heavy atom. The number of H-pyrrole nitrogens is 1. The first-order valence-corrected chi connectivity index (χ1v) is 9.30. The summed E-state index contributed by atoms with van der Waals surface area (Å²) in [6.45, 7) is 3.25. The van der Waals surface area contributed by atoms with Crippen LogP contribution in [0.15, 0.2) is 18.2 Å². The van der Waals surface area contributed by atoms with Crippen molar-refractivity contribution in [3.63, 3.8) is 0 Å². The molecule has 3 heterocycles. The zero-order valence-corrected chi connectivity index (χ0v) is 15.9. The van der Waals surface area contributed by atoms with Gasteiger partial charge in [-0.3, -0.25) is 5.10 Å². The van der Waals surface area contributed by atoms with Crippen LogP contribution in [0.5, 0.6) is 5.75 Å². The maximum absolute atomic E-state index is 5.96. The Labute approximate surface area is 158 Å². The molecule has 0 bridgehead atoms. The SMILES string of the molecule is CC[C@@H]1CCCN1c1cc(-c2cc(OC)c3c(N)n[nH]c3c2)nc(NC)n1. The van der Waals surface area contributed by atoms with Crippen LogP contribution in [-0.2, 0) is 0 Å². The molecule has 1 aromatic carbocycles. The summed E-state index contributed by atoms with van der Waals surface area (Å²) in [5.74, 6) is 2.66. The van der Waals surface area contributed by atoms with Crippen LogP contribution in [0.25, 0.3) is 22.2 Å². The number of benzene rings is 1. The molecule has 1 aliphatic heterocycles. The Kier molecular flexibility index (Phi) is 4.47. The lowest BCUT2D eigenvalue weighted by Crippen LogP contribution is -2.29. The van der Waals surface area contributed by atoms with Gasteiger partial charge in [-0.15, -0.1) is 0 Å². The number of rotatable bonds is 5. The number of hydrogen-bond donors (Lipinski definition) is 3. The van der Waals surface area contributed by atoms with Gasteiger partial charge < -0.3 is 20.7 Å². The average Bonchev–Trinajstić information content (AvgIpc) is 3.33. The Bertz CT molecular complexity index is 968. The lowest BCUT2D eigenvalue weighted by atomic mass is 10.1. The highest BCUT2D eigenvalue weighted by Crippen LogP contribution is 2.35. The van der Waals surface area contributed by atoms with Crippen LogP contribution in [0.2, 0.25) is 0 Å². The van der Waals surface area contributed by atoms with Gasteiger partial charge in [-0.05, 0) is 31.4 Å². The molecule has 8 nitrogen and oxygen atoms in total. The molecule has 0 saturated carbocycles. The highest BCUT2D eigenvalue weighted by molar-refractivity contribution is 5.97. The minimum atomic E-state index is 0.426. The summed E-state index contributed by atoms with van der Waals surface area (Å²) in [7, 11) is 3.47. The van der Waals surface area contributed by atoms with E-state index >= 15 is 0 Å². The monoisotopic (exact) mass is 367 g/mol. The van der Waals surface area contributed by atoms with Gasteiger partial charge in [-0.2, -0.15) is 10.1 Å². The van der Waals surface area contributed by atoms with E-state index in [1.807, 2.05) is 19.2 Å². The lowest BCUT2D eigenvalue weighted by molar-refractivity contribution is 0.420. The third kappa shape index (κ3) is 3.01. The number of anilines is 3. The predicted molar refractivity (Wildman–Crippen MR) is 108 cm³/mol. The fourth-order valence-electron chi connectivity index (χ4n) is 3.86. The van der Waals surface area contributed by atoms with E-state index in [2.05, 4.69) is 38.4 Å². The van der Waals surface area contributed by atoms with Crippen molar-refractivity contribution in [2.45, 2.75) is 32.2 Å². The Balaban J connectivity index is 1.84. The molecule has 4 rings (SSSR count). The molecule has 0 amide bonds. The second kappa shape index (κ2) is 6.94. The number of hydrogen-bond acceptors (Lipinski definition) is 7. The van der Waals surface area contributed by atoms with Crippen LogP contribution in [0, 0.1) is 0 Å². The number of fused-ring (bicyclic) bond motifs is 1. The zero-order valence-electron chi connectivity index (χ0n) is 15.9. The molecule has 0 unspecified atom stereocenters. The molecule has 142 valence electrons. The molecular formula is C19H25N7O. The Morgan fingerprint density at radius 2 is 2.19 bits per heavy atom. The Morgan fingerprint density at radius 3 is 2.93 bits per heavy atom. The van der Waals surface area contributed by atoms with Gasteiger partial charge in [0.05, 0.1) is 23.7 Å². The molecule has 1 atom stereocenters. The standard InChI is InChI=1S/C19H25N7O/c1-4-12-6-5-7-26(12)16-10-13(22-19(21-2)23-16)11-8-14-17(15(9-11)27-3)18(20)25-24-14/h8-10,12H,4-7H2,1-3H3,(H3,20,24,25)(H,21,22,23)/t12-/m1/s1. The summed E-state index contributed by atoms with van der Waals surface area (Å²) >= 11 is 0. The van der Waals surface area contributed by atoms with Crippen LogP contribution in [0.1, 0.15) is 26.2 Å². The molecule has 27 heavy (non-hydrogen) atoms. The first-order chi connectivity index (χ1) is 13.1. The van der Waals surface area contributed by atoms with E-state index in [-0.39, 0.29) is 0 Å². The van der Waals surface area contributed by atoms with Crippen molar-refractivity contribution in [3.8, 4) is 17.0 Å². The van der Waals surface area contributed by atoms with Gasteiger partial charge >= 0.3 is 0 Å². The third-order valence-electron chi connectivity index (χ3n) is 5.25. The molecule has 2 aromatic heterocycles. The van der Waals surface area contributed by atoms with Crippen molar-refractivity contribution in [2.24, 2.45) is 0 Å². The minimum absolute atomic E-state index is 0.426. The highest BCUT2D eigenvalue weighted by atomic mass is 16.5. The van der Waals surface area contributed by atoms with Gasteiger partial charge in [0.25, 0.3) is 0 Å². The van der Waals surface area contributed by atoms with Gasteiger partial charge in [0.15, 0.2) is 5.82 Å². The normalized spacial score (nSPS) is 16.9. The number of nitrogens with two attached hydrogens (primary N) is 1. The summed E-state index contributed by atoms with van der Waals surface area (Å²) in [5, 5.41) is 10.9. The molecular weight excluding hydrogens is 342 g/mol. The minimum Gasteiger partial charge on any atom is -0.496 e. The van der Waals surface area contributed by atoms with E-state index in [4.69, 9.17) is 15.5 Å². The van der Waals surface area contributed by atoms with E-state index in [1.165, 1.54) is 12.8 Å². The summed E-state index contributed by atoms with van der Waals surface area (Å²) in [6, 6.07) is 6.52. The average molecular weight is 367 g/mol. The summed E-state index contributed by atoms with van der Waals surface area (Å²) in [6.07, 6.45) is 3.51. The number of nitrogens with one attached hydrogen (secondary N) is 2. The van der Waals surface area contributed by atoms with Crippen molar-refractivity contribution in [1.29, 1.82) is 0 Å². The number of aromatic amines is 1. The summed E-state index contributed by atoms with van der Waals surface area (Å²) in [5.41, 5.74) is 8.54. The molecule has 0 spiro atoms. The fourth-order valence-corrected chi connectivity index (χ4v) is 3.86. The van der Waals surface area contributed by atoms with Crippen molar-refractivity contribution in [3.05, 3.63) is 18.2 Å². The summed E-state index contributed by atoms with van der Waals surface area (Å²) < 4.78 is 5.54. The van der Waals surface area contributed by atoms with E-state index in [0.29, 0.717) is 23.6 Å². The summed E-state index contributed by atoms with van der Waals surface area (Å²) in [4.78, 5) is 11.7. The van der Waals surface area contributed by atoms with Crippen molar-refractivity contribution in [1.82, 2.24) is 20.2 Å². The molecule has 0 radical (unpaired) electrons. The number of ether oxygens (including phenoxy) is 1. The van der Waals surface area contributed by atoms with Gasteiger partial charge in [-0.25, -0.2) is 4.98 Å². The van der Waals surface area contributed by atoms with Gasteiger partial charge in [0, 0.05) is 31.3 Å². The van der Waals surface area contributed by atoms with E-state index in [0.717, 1.165) is 40.9 Å². The molecule has 1 aliphatic rings. The van der Waals surface area contributed by atoms with E-state index in [1.54, 1.807) is 7.11 Å². The molecule has 1 fully saturated rings. The van der Waals surface area contributed by atoms with Crippen molar-refractivity contribution >= 4 is 28.5 Å². The maximum atomic E-state index is 5.96. The predicted octanol–water partition coefficient (Wildman–Crippen LogP) is 3.03. The van der Waals surface area contributed by atoms with Crippen LogP contribution in [0.3, 0.4) is 0 Å².